The van der Waals surface area contributed by atoms with E-state index in [9.17, 15) is 58.5 Å². The summed E-state index contributed by atoms with van der Waals surface area (Å²) in [5, 5.41) is 61.8. The standard InChI is InChI=1S/C35H63N11O14/c1-17(2)15-23(31(56)46-27(18(3)48)33(58)43-22(34(59)60)10-12-26(51)52)44-29(54)20(7-4-5-13-36)42-32(57)24(16-47)45-30(55)21(8-6-14-40-35(38)39)41-28(53)19(37)9-11-25(49)50/h17-24,27,47-48H,4-16,36-37H2,1-3H3,(H,41,53)(H,42,57)(H,43,58)(H,44,54)(H,45,55)(H,46,56)(H,49,50)(H,51,52)(H,59,60)(H4,38,39,40)/t18-,19+,20+,21+,22+,23+,24+,27+/m1/s1. The molecule has 0 aromatic rings. The fourth-order valence-corrected chi connectivity index (χ4v) is 5.38. The number of carbonyl (C=O) groups is 9. The Labute approximate surface area is 346 Å². The van der Waals surface area contributed by atoms with Gasteiger partial charge in [-0.3, -0.25) is 43.3 Å². The zero-order valence-electron chi connectivity index (χ0n) is 34.1. The number of amides is 6. The average molecular weight is 862 g/mol. The molecule has 0 saturated carbocycles. The summed E-state index contributed by atoms with van der Waals surface area (Å²) in [6, 6.07) is -10.6. The van der Waals surface area contributed by atoms with Gasteiger partial charge in [0.05, 0.1) is 18.8 Å². The molecule has 19 N–H and O–H groups in total. The Bertz CT molecular complexity index is 1490. The summed E-state index contributed by atoms with van der Waals surface area (Å²) < 4.78 is 0. The van der Waals surface area contributed by atoms with Crippen LogP contribution in [0, 0.1) is 5.92 Å². The lowest BCUT2D eigenvalue weighted by Crippen LogP contribution is -2.61. The smallest absolute Gasteiger partial charge is 0.326 e. The van der Waals surface area contributed by atoms with Crippen LogP contribution < -0.4 is 54.8 Å². The zero-order valence-corrected chi connectivity index (χ0v) is 34.1. The first kappa shape index (κ1) is 54.3. The van der Waals surface area contributed by atoms with E-state index in [1.807, 2.05) is 0 Å². The molecule has 25 nitrogen and oxygen atoms in total. The van der Waals surface area contributed by atoms with Crippen molar-refractivity contribution in [1.29, 1.82) is 0 Å². The maximum atomic E-state index is 13.7. The highest BCUT2D eigenvalue weighted by molar-refractivity contribution is 5.97. The third kappa shape index (κ3) is 22.5. The Morgan fingerprint density at radius 1 is 0.583 bits per heavy atom. The van der Waals surface area contributed by atoms with Crippen LogP contribution in [-0.4, -0.2) is 153 Å². The minimum absolute atomic E-state index is 0.0306. The minimum atomic E-state index is -1.75. The van der Waals surface area contributed by atoms with Gasteiger partial charge in [-0.05, 0) is 70.8 Å². The Balaban J connectivity index is 6.24. The van der Waals surface area contributed by atoms with Gasteiger partial charge in [0.1, 0.15) is 36.3 Å². The molecule has 0 unspecified atom stereocenters. The van der Waals surface area contributed by atoms with E-state index < -0.39 is 128 Å². The van der Waals surface area contributed by atoms with Crippen LogP contribution in [0.4, 0.5) is 0 Å². The fraction of sp³-hybridized carbons (Fsp3) is 0.714. The number of rotatable bonds is 31. The van der Waals surface area contributed by atoms with Gasteiger partial charge in [-0.2, -0.15) is 0 Å². The molecule has 0 rings (SSSR count). The van der Waals surface area contributed by atoms with E-state index >= 15 is 0 Å². The number of aliphatic hydroxyl groups excluding tert-OH is 2. The molecule has 60 heavy (non-hydrogen) atoms. The molecule has 0 aromatic heterocycles. The molecule has 0 bridgehead atoms. The first-order chi connectivity index (χ1) is 28.0. The Morgan fingerprint density at radius 3 is 1.53 bits per heavy atom. The van der Waals surface area contributed by atoms with Gasteiger partial charge >= 0.3 is 17.9 Å². The molecule has 6 amide bonds. The van der Waals surface area contributed by atoms with Crippen LogP contribution in [0.1, 0.15) is 85.0 Å². The summed E-state index contributed by atoms with van der Waals surface area (Å²) >= 11 is 0. The van der Waals surface area contributed by atoms with Crippen LogP contribution in [0.15, 0.2) is 4.99 Å². The van der Waals surface area contributed by atoms with Gasteiger partial charge in [0.15, 0.2) is 5.96 Å². The molecule has 0 aliphatic carbocycles. The van der Waals surface area contributed by atoms with Crippen LogP contribution in [-0.2, 0) is 43.2 Å². The second-order valence-corrected chi connectivity index (χ2v) is 14.4. The summed E-state index contributed by atoms with van der Waals surface area (Å²) in [6.07, 6.45) is -2.71. The van der Waals surface area contributed by atoms with Gasteiger partial charge in [0.25, 0.3) is 0 Å². The largest absolute Gasteiger partial charge is 0.481 e. The fourth-order valence-electron chi connectivity index (χ4n) is 5.38. The average Bonchev–Trinajstić information content (AvgIpc) is 3.15. The number of carboxylic acids is 3. The van der Waals surface area contributed by atoms with Crippen LogP contribution in [0.25, 0.3) is 0 Å². The molecule has 0 spiro atoms. The number of nitrogens with zero attached hydrogens (tertiary/aromatic N) is 1. The molecule has 0 fully saturated rings. The Kier molecular flexibility index (Phi) is 26.0. The molecule has 0 heterocycles. The number of carboxylic acid groups (broad SMARTS) is 3. The zero-order chi connectivity index (χ0) is 46.1. The second-order valence-electron chi connectivity index (χ2n) is 14.4. The number of aliphatic carboxylic acids is 3. The summed E-state index contributed by atoms with van der Waals surface area (Å²) in [5.74, 6) is -10.5. The molecule has 342 valence electrons. The van der Waals surface area contributed by atoms with Gasteiger partial charge in [0.2, 0.25) is 35.4 Å². The van der Waals surface area contributed by atoms with Crippen molar-refractivity contribution in [2.24, 2.45) is 33.8 Å². The molecular formula is C35H63N11O14. The molecule has 25 heteroatoms. The lowest BCUT2D eigenvalue weighted by molar-refractivity contribution is -0.144. The van der Waals surface area contributed by atoms with Crippen molar-refractivity contribution >= 4 is 59.3 Å². The molecule has 0 radical (unpaired) electrons. The first-order valence-corrected chi connectivity index (χ1v) is 19.3. The van der Waals surface area contributed by atoms with Crippen molar-refractivity contribution in [2.75, 3.05) is 19.7 Å². The van der Waals surface area contributed by atoms with Crippen LogP contribution in [0.2, 0.25) is 0 Å². The molecule has 0 saturated heterocycles. The van der Waals surface area contributed by atoms with Crippen LogP contribution >= 0.6 is 0 Å². The van der Waals surface area contributed by atoms with E-state index in [2.05, 4.69) is 36.9 Å². The first-order valence-electron chi connectivity index (χ1n) is 19.3. The van der Waals surface area contributed by atoms with Crippen LogP contribution in [0.5, 0.6) is 0 Å². The number of guanidine groups is 1. The molecule has 0 aliphatic heterocycles. The lowest BCUT2D eigenvalue weighted by atomic mass is 10.0. The van der Waals surface area contributed by atoms with E-state index in [0.717, 1.165) is 6.92 Å². The molecular weight excluding hydrogens is 798 g/mol. The number of hydrogen-bond acceptors (Lipinski definition) is 14. The summed E-state index contributed by atoms with van der Waals surface area (Å²) in [7, 11) is 0. The monoisotopic (exact) mass is 861 g/mol. The van der Waals surface area contributed by atoms with Gasteiger partial charge in [-0.25, -0.2) is 4.79 Å². The number of nitrogens with one attached hydrogen (secondary N) is 6. The maximum Gasteiger partial charge on any atom is 0.326 e. The second kappa shape index (κ2) is 28.7. The summed E-state index contributed by atoms with van der Waals surface area (Å²) in [6.45, 7) is 3.82. The molecule has 8 atom stereocenters. The lowest BCUT2D eigenvalue weighted by Gasteiger charge is -2.28. The van der Waals surface area contributed by atoms with Crippen molar-refractivity contribution in [3.63, 3.8) is 0 Å². The van der Waals surface area contributed by atoms with Gasteiger partial charge < -0.3 is 80.4 Å². The van der Waals surface area contributed by atoms with Crippen molar-refractivity contribution in [1.82, 2.24) is 31.9 Å². The Hall–Kier alpha value is -5.66. The van der Waals surface area contributed by atoms with Gasteiger partial charge in [-0.15, -0.1) is 0 Å². The highest BCUT2D eigenvalue weighted by atomic mass is 16.4. The van der Waals surface area contributed by atoms with E-state index in [-0.39, 0.29) is 63.5 Å². The van der Waals surface area contributed by atoms with E-state index in [1.165, 1.54) is 0 Å². The number of unbranched alkanes of at least 4 members (excludes halogenated alkanes) is 1. The van der Waals surface area contributed by atoms with Gasteiger partial charge in [0, 0.05) is 19.4 Å². The number of aliphatic hydroxyl groups is 2. The van der Waals surface area contributed by atoms with Crippen LogP contribution in [0.3, 0.4) is 0 Å². The number of nitrogens with two attached hydrogens (primary N) is 4. The van der Waals surface area contributed by atoms with E-state index in [0.29, 0.717) is 6.42 Å². The summed E-state index contributed by atoms with van der Waals surface area (Å²) in [4.78, 5) is 117. The molecule has 0 aromatic carbocycles. The predicted molar refractivity (Wildman–Crippen MR) is 212 cm³/mol. The highest BCUT2D eigenvalue weighted by Gasteiger charge is 2.35. The third-order valence-corrected chi connectivity index (χ3v) is 8.64. The van der Waals surface area contributed by atoms with Crippen molar-refractivity contribution in [3.8, 4) is 0 Å². The maximum absolute atomic E-state index is 13.7. The van der Waals surface area contributed by atoms with Gasteiger partial charge in [-0.1, -0.05) is 13.8 Å². The third-order valence-electron chi connectivity index (χ3n) is 8.64. The topological polar surface area (TPSA) is 443 Å². The van der Waals surface area contributed by atoms with E-state index in [4.69, 9.17) is 33.1 Å². The minimum Gasteiger partial charge on any atom is -0.481 e. The number of carbonyl (C=O) groups excluding carboxylic acids is 6. The normalized spacial score (nSPS) is 15.0. The predicted octanol–water partition coefficient (Wildman–Crippen LogP) is -5.36. The van der Waals surface area contributed by atoms with Crippen molar-refractivity contribution in [2.45, 2.75) is 133 Å². The van der Waals surface area contributed by atoms with Crippen molar-refractivity contribution < 1.29 is 68.7 Å². The quantitative estimate of drug-likeness (QED) is 0.0176. The number of aliphatic imine (C=N–C) groups is 1. The SMILES string of the molecule is CC(C)C[C@H](NC(=O)[C@H](CCCCN)NC(=O)[C@H](CO)NC(=O)[C@H](CCCN=C(N)N)NC(=O)[C@@H](N)CCC(=O)O)C(=O)N[C@H](C(=O)N[C@@H](CCC(=O)O)C(=O)O)[C@@H](C)O. The highest BCUT2D eigenvalue weighted by Crippen LogP contribution is 2.10. The van der Waals surface area contributed by atoms with E-state index in [1.54, 1.807) is 13.8 Å². The Morgan fingerprint density at radius 2 is 1.05 bits per heavy atom. The molecule has 0 aliphatic rings. The summed E-state index contributed by atoms with van der Waals surface area (Å²) in [5.41, 5.74) is 22.1. The van der Waals surface area contributed by atoms with Crippen molar-refractivity contribution in [3.05, 3.63) is 0 Å². The number of hydrogen-bond donors (Lipinski definition) is 15.